The Morgan fingerprint density at radius 3 is 2.45 bits per heavy atom. The smallest absolute Gasteiger partial charge is 0.435 e. The zero-order chi connectivity index (χ0) is 14.9. The van der Waals surface area contributed by atoms with E-state index in [2.05, 4.69) is 0 Å². The van der Waals surface area contributed by atoms with E-state index in [-0.39, 0.29) is 0 Å². The van der Waals surface area contributed by atoms with Crippen LogP contribution >= 0.6 is 0 Å². The summed E-state index contributed by atoms with van der Waals surface area (Å²) in [6, 6.07) is 2.63. The molecule has 2 rings (SSSR count). The molecule has 20 heavy (non-hydrogen) atoms. The van der Waals surface area contributed by atoms with Crippen LogP contribution < -0.4 is 0 Å². The van der Waals surface area contributed by atoms with Crippen LogP contribution in [0, 0.1) is 11.6 Å². The van der Waals surface area contributed by atoms with Gasteiger partial charge in [0.05, 0.1) is 12.6 Å². The van der Waals surface area contributed by atoms with Crippen molar-refractivity contribution in [2.45, 2.75) is 38.8 Å². The third-order valence-electron chi connectivity index (χ3n) is 2.75. The van der Waals surface area contributed by atoms with E-state index < -0.39 is 29.4 Å². The van der Waals surface area contributed by atoms with E-state index in [4.69, 9.17) is 9.57 Å². The Hall–Kier alpha value is -1.69. The molecule has 1 aromatic rings. The topological polar surface area (TPSA) is 38.8 Å². The Balaban J connectivity index is 2.20. The van der Waals surface area contributed by atoms with E-state index in [9.17, 15) is 13.6 Å². The molecule has 110 valence electrons. The maximum Gasteiger partial charge on any atom is 0.435 e. The number of benzene rings is 1. The highest BCUT2D eigenvalue weighted by Crippen LogP contribution is 2.32. The van der Waals surface area contributed by atoms with Crippen molar-refractivity contribution in [3.05, 3.63) is 35.4 Å². The molecule has 1 heterocycles. The molecule has 0 aromatic heterocycles. The summed E-state index contributed by atoms with van der Waals surface area (Å²) in [4.78, 5) is 17.2. The fourth-order valence-corrected chi connectivity index (χ4v) is 2.03. The van der Waals surface area contributed by atoms with Gasteiger partial charge in [0.25, 0.3) is 0 Å². The molecule has 1 atom stereocenters. The molecule has 0 spiro atoms. The lowest BCUT2D eigenvalue weighted by Crippen LogP contribution is -2.35. The second-order valence-corrected chi connectivity index (χ2v) is 5.65. The standard InChI is InChI=1S/C14H17F2NO3/c1-14(2,3)20-13(18)17-12(4-5-19-17)9-6-10(15)8-11(16)7-9/h6-8,12H,4-5H2,1-3H3. The number of ether oxygens (including phenoxy) is 1. The monoisotopic (exact) mass is 285 g/mol. The molecule has 0 saturated carbocycles. The van der Waals surface area contributed by atoms with Gasteiger partial charge in [-0.05, 0) is 38.5 Å². The third-order valence-corrected chi connectivity index (χ3v) is 2.75. The summed E-state index contributed by atoms with van der Waals surface area (Å²) in [5.41, 5.74) is -0.313. The van der Waals surface area contributed by atoms with Gasteiger partial charge in [-0.3, -0.25) is 4.84 Å². The number of carbonyl (C=O) groups excluding carboxylic acids is 1. The van der Waals surface area contributed by atoms with Crippen LogP contribution in [0.15, 0.2) is 18.2 Å². The largest absolute Gasteiger partial charge is 0.442 e. The molecule has 1 saturated heterocycles. The van der Waals surface area contributed by atoms with Crippen LogP contribution in [0.3, 0.4) is 0 Å². The molecule has 0 N–H and O–H groups in total. The molecule has 1 aliphatic heterocycles. The number of amides is 1. The van der Waals surface area contributed by atoms with Crippen molar-refractivity contribution in [2.24, 2.45) is 0 Å². The summed E-state index contributed by atoms with van der Waals surface area (Å²) in [6.07, 6.45) is -0.202. The summed E-state index contributed by atoms with van der Waals surface area (Å²) in [5, 5.41) is 1.04. The molecular weight excluding hydrogens is 268 g/mol. The summed E-state index contributed by atoms with van der Waals surface area (Å²) < 4.78 is 31.7. The lowest BCUT2D eigenvalue weighted by atomic mass is 10.0. The van der Waals surface area contributed by atoms with Crippen molar-refractivity contribution in [3.63, 3.8) is 0 Å². The van der Waals surface area contributed by atoms with Gasteiger partial charge >= 0.3 is 6.09 Å². The van der Waals surface area contributed by atoms with Crippen LogP contribution in [-0.2, 0) is 9.57 Å². The van der Waals surface area contributed by atoms with Crippen LogP contribution in [0.1, 0.15) is 38.8 Å². The molecule has 0 aliphatic carbocycles. The second-order valence-electron chi connectivity index (χ2n) is 5.65. The third kappa shape index (κ3) is 3.45. The minimum absolute atomic E-state index is 0.294. The first kappa shape index (κ1) is 14.7. The molecular formula is C14H17F2NO3. The van der Waals surface area contributed by atoms with E-state index in [1.165, 1.54) is 12.1 Å². The number of carbonyl (C=O) groups is 1. The average Bonchev–Trinajstić information content (AvgIpc) is 2.73. The number of rotatable bonds is 1. The minimum Gasteiger partial charge on any atom is -0.442 e. The number of hydrogen-bond acceptors (Lipinski definition) is 3. The van der Waals surface area contributed by atoms with E-state index in [1.807, 2.05) is 0 Å². The SMILES string of the molecule is CC(C)(C)OC(=O)N1OCCC1c1cc(F)cc(F)c1. The highest BCUT2D eigenvalue weighted by Gasteiger charge is 2.35. The van der Waals surface area contributed by atoms with E-state index in [0.29, 0.717) is 18.6 Å². The van der Waals surface area contributed by atoms with Gasteiger partial charge < -0.3 is 4.74 Å². The molecule has 4 nitrogen and oxygen atoms in total. The number of hydroxylamine groups is 2. The fraction of sp³-hybridized carbons (Fsp3) is 0.500. The van der Waals surface area contributed by atoms with Crippen molar-refractivity contribution in [3.8, 4) is 0 Å². The van der Waals surface area contributed by atoms with Gasteiger partial charge in [0.15, 0.2) is 0 Å². The van der Waals surface area contributed by atoms with Gasteiger partial charge in [0, 0.05) is 12.5 Å². The first-order valence-electron chi connectivity index (χ1n) is 6.37. The van der Waals surface area contributed by atoms with Crippen molar-refractivity contribution in [1.82, 2.24) is 5.06 Å². The number of halogens is 2. The molecule has 6 heteroatoms. The predicted octanol–water partition coefficient (Wildman–Crippen LogP) is 3.58. The van der Waals surface area contributed by atoms with Crippen LogP contribution in [0.4, 0.5) is 13.6 Å². The van der Waals surface area contributed by atoms with Crippen molar-refractivity contribution < 1.29 is 23.1 Å². The first-order valence-corrected chi connectivity index (χ1v) is 6.37. The second kappa shape index (κ2) is 5.36. The average molecular weight is 285 g/mol. The Morgan fingerprint density at radius 2 is 1.90 bits per heavy atom. The lowest BCUT2D eigenvalue weighted by Gasteiger charge is -2.27. The van der Waals surface area contributed by atoms with Crippen LogP contribution in [0.2, 0.25) is 0 Å². The summed E-state index contributed by atoms with van der Waals surface area (Å²) >= 11 is 0. The normalized spacial score (nSPS) is 19.2. The summed E-state index contributed by atoms with van der Waals surface area (Å²) in [7, 11) is 0. The molecule has 1 fully saturated rings. The molecule has 1 unspecified atom stereocenters. The van der Waals surface area contributed by atoms with E-state index in [0.717, 1.165) is 11.1 Å². The molecule has 1 aromatic carbocycles. The fourth-order valence-electron chi connectivity index (χ4n) is 2.03. The summed E-state index contributed by atoms with van der Waals surface area (Å²) in [6.45, 7) is 5.50. The highest BCUT2D eigenvalue weighted by molar-refractivity contribution is 5.67. The number of hydrogen-bond donors (Lipinski definition) is 0. The maximum atomic E-state index is 13.3. The van der Waals surface area contributed by atoms with Gasteiger partial charge in [-0.1, -0.05) is 0 Å². The minimum atomic E-state index is -0.684. The van der Waals surface area contributed by atoms with Crippen molar-refractivity contribution in [2.75, 3.05) is 6.61 Å². The van der Waals surface area contributed by atoms with Gasteiger partial charge in [-0.25, -0.2) is 13.6 Å². The highest BCUT2D eigenvalue weighted by atomic mass is 19.1. The van der Waals surface area contributed by atoms with Gasteiger partial charge in [0.2, 0.25) is 0 Å². The Bertz CT molecular complexity index is 493. The maximum absolute atomic E-state index is 13.3. The molecule has 1 amide bonds. The Labute approximate surface area is 116 Å². The predicted molar refractivity (Wildman–Crippen MR) is 67.7 cm³/mol. The number of nitrogens with zero attached hydrogens (tertiary/aromatic N) is 1. The van der Waals surface area contributed by atoms with Crippen molar-refractivity contribution in [1.29, 1.82) is 0 Å². The Kier molecular flexibility index (Phi) is 3.94. The molecule has 0 radical (unpaired) electrons. The lowest BCUT2D eigenvalue weighted by molar-refractivity contribution is -0.125. The zero-order valence-electron chi connectivity index (χ0n) is 11.7. The summed E-state index contributed by atoms with van der Waals surface area (Å²) in [5.74, 6) is -1.37. The Morgan fingerprint density at radius 1 is 1.30 bits per heavy atom. The van der Waals surface area contributed by atoms with Crippen LogP contribution in [0.5, 0.6) is 0 Å². The van der Waals surface area contributed by atoms with Gasteiger partial charge in [0.1, 0.15) is 17.2 Å². The van der Waals surface area contributed by atoms with Gasteiger partial charge in [-0.2, -0.15) is 5.06 Å². The molecule has 1 aliphatic rings. The quantitative estimate of drug-likeness (QED) is 0.791. The van der Waals surface area contributed by atoms with E-state index >= 15 is 0 Å². The van der Waals surface area contributed by atoms with Gasteiger partial charge in [-0.15, -0.1) is 0 Å². The van der Waals surface area contributed by atoms with E-state index in [1.54, 1.807) is 20.8 Å². The first-order chi connectivity index (χ1) is 9.26. The van der Waals surface area contributed by atoms with Crippen LogP contribution in [0.25, 0.3) is 0 Å². The molecule has 0 bridgehead atoms. The van der Waals surface area contributed by atoms with Crippen LogP contribution in [-0.4, -0.2) is 23.4 Å². The van der Waals surface area contributed by atoms with Crippen molar-refractivity contribution >= 4 is 6.09 Å². The zero-order valence-corrected chi connectivity index (χ0v) is 11.7.